The van der Waals surface area contributed by atoms with E-state index in [0.29, 0.717) is 13.1 Å². The van der Waals surface area contributed by atoms with E-state index in [1.807, 2.05) is 61.5 Å². The summed E-state index contributed by atoms with van der Waals surface area (Å²) < 4.78 is 5.60. The number of carboxylic acids is 1. The molecule has 1 heterocycles. The number of aliphatic carboxylic acids is 1. The highest BCUT2D eigenvalue weighted by atomic mass is 16.5. The minimum Gasteiger partial charge on any atom is -0.481 e. The van der Waals surface area contributed by atoms with Crippen LogP contribution in [0.2, 0.25) is 0 Å². The predicted octanol–water partition coefficient (Wildman–Crippen LogP) is 4.49. The van der Waals surface area contributed by atoms with Crippen LogP contribution in [0.15, 0.2) is 78.9 Å². The van der Waals surface area contributed by atoms with Crippen LogP contribution in [0.25, 0.3) is 11.1 Å². The summed E-state index contributed by atoms with van der Waals surface area (Å²) in [5.41, 5.74) is 5.58. The van der Waals surface area contributed by atoms with Gasteiger partial charge in [-0.25, -0.2) is 4.79 Å². The van der Waals surface area contributed by atoms with Gasteiger partial charge in [-0.05, 0) is 41.2 Å². The Hall–Kier alpha value is -4.17. The normalized spacial score (nSPS) is 17.8. The van der Waals surface area contributed by atoms with Gasteiger partial charge in [0.05, 0.1) is 6.42 Å². The third-order valence-corrected chi connectivity index (χ3v) is 7.77. The van der Waals surface area contributed by atoms with Crippen molar-refractivity contribution in [1.29, 1.82) is 0 Å². The molecule has 1 aliphatic carbocycles. The fourth-order valence-corrected chi connectivity index (χ4v) is 5.92. The number of hydrogen-bond acceptors (Lipinski definition) is 5. The Morgan fingerprint density at radius 2 is 1.55 bits per heavy atom. The highest BCUT2D eigenvalue weighted by molar-refractivity contribution is 5.89. The molecule has 8 heteroatoms. The van der Waals surface area contributed by atoms with Crippen molar-refractivity contribution in [3.8, 4) is 11.1 Å². The van der Waals surface area contributed by atoms with Crippen LogP contribution in [0.1, 0.15) is 42.4 Å². The zero-order chi connectivity index (χ0) is 28.1. The molecule has 2 unspecified atom stereocenters. The first-order chi connectivity index (χ1) is 19.4. The van der Waals surface area contributed by atoms with E-state index in [1.165, 1.54) is 5.56 Å². The van der Waals surface area contributed by atoms with E-state index in [0.717, 1.165) is 41.8 Å². The second kappa shape index (κ2) is 12.3. The minimum atomic E-state index is -1.21. The average Bonchev–Trinajstić information content (AvgIpc) is 3.15. The molecule has 1 saturated heterocycles. The Kier molecular flexibility index (Phi) is 8.45. The minimum absolute atomic E-state index is 0.0857. The number of fused-ring (bicyclic) bond motifs is 3. The molecule has 0 bridgehead atoms. The van der Waals surface area contributed by atoms with Gasteiger partial charge in [0.1, 0.15) is 12.6 Å². The molecule has 2 atom stereocenters. The molecule has 5 rings (SSSR count). The van der Waals surface area contributed by atoms with Crippen molar-refractivity contribution in [2.24, 2.45) is 0 Å². The van der Waals surface area contributed by atoms with Gasteiger partial charge in [0.2, 0.25) is 5.91 Å². The maximum absolute atomic E-state index is 13.6. The number of amides is 2. The molecule has 40 heavy (non-hydrogen) atoms. The summed E-state index contributed by atoms with van der Waals surface area (Å²) in [5, 5.41) is 12.1. The molecule has 3 aromatic carbocycles. The Morgan fingerprint density at radius 1 is 0.925 bits per heavy atom. The van der Waals surface area contributed by atoms with Gasteiger partial charge < -0.3 is 20.1 Å². The quantitative estimate of drug-likeness (QED) is 0.436. The molecule has 0 spiro atoms. The van der Waals surface area contributed by atoms with Gasteiger partial charge in [0.25, 0.3) is 0 Å². The summed E-state index contributed by atoms with van der Waals surface area (Å²) in [4.78, 5) is 42.1. The molecule has 2 amide bonds. The highest BCUT2D eigenvalue weighted by Crippen LogP contribution is 2.44. The predicted molar refractivity (Wildman–Crippen MR) is 152 cm³/mol. The number of carboxylic acid groups (broad SMARTS) is 1. The topological polar surface area (TPSA) is 99.2 Å². The number of hydrogen-bond donors (Lipinski definition) is 2. The van der Waals surface area contributed by atoms with Gasteiger partial charge in [-0.2, -0.15) is 0 Å². The van der Waals surface area contributed by atoms with Crippen LogP contribution in [0.4, 0.5) is 4.79 Å². The summed E-state index contributed by atoms with van der Waals surface area (Å²) in [6, 6.07) is 24.9. The molecule has 8 nitrogen and oxygen atoms in total. The highest BCUT2D eigenvalue weighted by Gasteiger charge is 2.34. The smallest absolute Gasteiger partial charge is 0.407 e. The number of ether oxygens (including phenoxy) is 1. The molecule has 1 aliphatic heterocycles. The number of nitrogens with zero attached hydrogens (tertiary/aromatic N) is 2. The van der Waals surface area contributed by atoms with Gasteiger partial charge in [-0.3, -0.25) is 14.5 Å². The summed E-state index contributed by atoms with van der Waals surface area (Å²) in [6.07, 6.45) is -0.553. The van der Waals surface area contributed by atoms with Gasteiger partial charge >= 0.3 is 12.1 Å². The van der Waals surface area contributed by atoms with Gasteiger partial charge in [-0.15, -0.1) is 0 Å². The summed E-state index contributed by atoms with van der Waals surface area (Å²) in [6.45, 7) is 4.81. The Morgan fingerprint density at radius 3 is 2.20 bits per heavy atom. The van der Waals surface area contributed by atoms with E-state index >= 15 is 0 Å². The largest absolute Gasteiger partial charge is 0.481 e. The van der Waals surface area contributed by atoms with Crippen molar-refractivity contribution in [2.45, 2.75) is 44.3 Å². The number of benzene rings is 3. The lowest BCUT2D eigenvalue weighted by Gasteiger charge is -2.32. The van der Waals surface area contributed by atoms with E-state index in [9.17, 15) is 19.5 Å². The first-order valence-corrected chi connectivity index (χ1v) is 13.8. The van der Waals surface area contributed by atoms with Crippen molar-refractivity contribution >= 4 is 18.0 Å². The van der Waals surface area contributed by atoms with Crippen molar-refractivity contribution in [3.05, 3.63) is 95.6 Å². The maximum Gasteiger partial charge on any atom is 0.407 e. The zero-order valence-electron chi connectivity index (χ0n) is 22.7. The van der Waals surface area contributed by atoms with Crippen LogP contribution in [-0.2, 0) is 20.9 Å². The number of carbonyl (C=O) groups excluding carboxylic acids is 2. The third-order valence-electron chi connectivity index (χ3n) is 7.77. The third kappa shape index (κ3) is 6.18. The SMILES string of the molecule is CC1CN(Cc2ccccc2)CCCN1C(=O)C(CC(=O)O)NC(=O)OCC1c2ccccc2-c2ccccc21. The van der Waals surface area contributed by atoms with Crippen molar-refractivity contribution in [1.82, 2.24) is 15.1 Å². The Labute approximate surface area is 234 Å². The number of alkyl carbamates (subject to hydrolysis) is 1. The molecule has 2 N–H and O–H groups in total. The van der Waals surface area contributed by atoms with E-state index in [-0.39, 0.29) is 18.6 Å². The number of nitrogens with one attached hydrogen (secondary N) is 1. The lowest BCUT2D eigenvalue weighted by atomic mass is 9.98. The fraction of sp³-hybridized carbons (Fsp3) is 0.344. The van der Waals surface area contributed by atoms with Crippen molar-refractivity contribution in [2.75, 3.05) is 26.2 Å². The van der Waals surface area contributed by atoms with Crippen LogP contribution in [-0.4, -0.2) is 71.2 Å². The fourth-order valence-electron chi connectivity index (χ4n) is 5.92. The van der Waals surface area contributed by atoms with Crippen LogP contribution in [0.3, 0.4) is 0 Å². The summed E-state index contributed by atoms with van der Waals surface area (Å²) in [7, 11) is 0. The molecule has 0 radical (unpaired) electrons. The van der Waals surface area contributed by atoms with E-state index in [2.05, 4.69) is 34.5 Å². The second-order valence-electron chi connectivity index (χ2n) is 10.6. The Balaban J connectivity index is 1.22. The van der Waals surface area contributed by atoms with Crippen LogP contribution in [0.5, 0.6) is 0 Å². The Bertz CT molecular complexity index is 1320. The molecule has 0 saturated carbocycles. The van der Waals surface area contributed by atoms with E-state index < -0.39 is 30.4 Å². The molecule has 3 aromatic rings. The van der Waals surface area contributed by atoms with E-state index in [4.69, 9.17) is 4.74 Å². The van der Waals surface area contributed by atoms with Crippen LogP contribution >= 0.6 is 0 Å². The van der Waals surface area contributed by atoms with Gasteiger partial charge in [0.15, 0.2) is 0 Å². The molecular weight excluding hydrogens is 506 g/mol. The molecule has 1 fully saturated rings. The number of carbonyl (C=O) groups is 3. The molecule has 0 aromatic heterocycles. The standard InChI is InChI=1S/C32H35N3O5/c1-22-19-34(20-23-10-3-2-4-11-23)16-9-17-35(22)31(38)29(18-30(36)37)33-32(39)40-21-28-26-14-7-5-12-24(26)25-13-6-8-15-27(25)28/h2-8,10-15,22,28-29H,9,16-21H2,1H3,(H,33,39)(H,36,37). The molecule has 2 aliphatic rings. The number of rotatable bonds is 8. The van der Waals surface area contributed by atoms with Crippen molar-refractivity contribution in [3.63, 3.8) is 0 Å². The van der Waals surface area contributed by atoms with Crippen molar-refractivity contribution < 1.29 is 24.2 Å². The van der Waals surface area contributed by atoms with Gasteiger partial charge in [0, 0.05) is 38.1 Å². The van der Waals surface area contributed by atoms with E-state index in [1.54, 1.807) is 4.90 Å². The van der Waals surface area contributed by atoms with Crippen LogP contribution < -0.4 is 5.32 Å². The lowest BCUT2D eigenvalue weighted by molar-refractivity contribution is -0.143. The first-order valence-electron chi connectivity index (χ1n) is 13.8. The first kappa shape index (κ1) is 27.4. The molecular formula is C32H35N3O5. The lowest BCUT2D eigenvalue weighted by Crippen LogP contribution is -2.53. The monoisotopic (exact) mass is 541 g/mol. The summed E-state index contributed by atoms with van der Waals surface area (Å²) >= 11 is 0. The van der Waals surface area contributed by atoms with Crippen LogP contribution in [0, 0.1) is 0 Å². The molecule has 208 valence electrons. The average molecular weight is 542 g/mol. The summed E-state index contributed by atoms with van der Waals surface area (Å²) in [5.74, 6) is -1.69. The maximum atomic E-state index is 13.6. The second-order valence-corrected chi connectivity index (χ2v) is 10.6. The zero-order valence-corrected chi connectivity index (χ0v) is 22.7. The van der Waals surface area contributed by atoms with Gasteiger partial charge in [-0.1, -0.05) is 78.9 Å².